The van der Waals surface area contributed by atoms with Gasteiger partial charge in [0.25, 0.3) is 0 Å². The molecule has 0 heterocycles. The van der Waals surface area contributed by atoms with Crippen molar-refractivity contribution >= 4 is 25.8 Å². The molecule has 0 unspecified atom stereocenters. The van der Waals surface area contributed by atoms with Crippen LogP contribution in [0.4, 0.5) is 0 Å². The van der Waals surface area contributed by atoms with Gasteiger partial charge in [-0.3, -0.25) is 9.13 Å². The lowest BCUT2D eigenvalue weighted by molar-refractivity contribution is 0.225. The van der Waals surface area contributed by atoms with Crippen molar-refractivity contribution in [3.05, 3.63) is 48.5 Å². The normalized spacial score (nSPS) is 12.0. The van der Waals surface area contributed by atoms with E-state index in [9.17, 15) is 9.13 Å². The number of hydrogen-bond acceptors (Lipinski definition) is 8. The molecule has 0 aliphatic heterocycles. The number of hydrogen-bond donors (Lipinski definition) is 0. The zero-order valence-corrected chi connectivity index (χ0v) is 21.5. The van der Waals surface area contributed by atoms with Crippen molar-refractivity contribution in [1.82, 2.24) is 0 Å². The van der Waals surface area contributed by atoms with Gasteiger partial charge in [0.05, 0.1) is 39.6 Å². The molecule has 184 valence electrons. The van der Waals surface area contributed by atoms with Crippen LogP contribution >= 0.6 is 15.2 Å². The Bertz CT molecular complexity index is 854. The Morgan fingerprint density at radius 1 is 0.576 bits per heavy atom. The highest BCUT2D eigenvalue weighted by Gasteiger charge is 2.31. The maximum absolute atomic E-state index is 13.1. The predicted molar refractivity (Wildman–Crippen MR) is 129 cm³/mol. The van der Waals surface area contributed by atoms with E-state index in [2.05, 4.69) is 0 Å². The van der Waals surface area contributed by atoms with E-state index in [0.717, 1.165) is 0 Å². The molecule has 0 spiro atoms. The molecule has 0 N–H and O–H groups in total. The maximum atomic E-state index is 13.1. The monoisotopic (exact) mass is 500 g/mol. The smallest absolute Gasteiger partial charge is 0.365 e. The van der Waals surface area contributed by atoms with E-state index in [1.165, 1.54) is 0 Å². The minimum absolute atomic E-state index is 0.256. The molecular formula is C23H34O8P2. The third-order valence-electron chi connectivity index (χ3n) is 4.32. The summed E-state index contributed by atoms with van der Waals surface area (Å²) in [6.07, 6.45) is 0.532. The minimum atomic E-state index is -3.47. The van der Waals surface area contributed by atoms with Crippen LogP contribution in [0.5, 0.6) is 11.5 Å². The third-order valence-corrected chi connectivity index (χ3v) is 8.63. The fraction of sp³-hybridized carbons (Fsp3) is 0.478. The van der Waals surface area contributed by atoms with Crippen LogP contribution in [0, 0.1) is 0 Å². The molecule has 8 nitrogen and oxygen atoms in total. The van der Waals surface area contributed by atoms with Crippen LogP contribution in [0.3, 0.4) is 0 Å². The molecule has 0 amide bonds. The molecule has 0 aliphatic carbocycles. The minimum Gasteiger partial charge on any atom is -0.492 e. The van der Waals surface area contributed by atoms with Gasteiger partial charge < -0.3 is 27.6 Å². The average Bonchev–Trinajstić information content (AvgIpc) is 2.80. The van der Waals surface area contributed by atoms with Gasteiger partial charge in [-0.05, 0) is 52.0 Å². The van der Waals surface area contributed by atoms with Crippen LogP contribution in [-0.2, 0) is 27.2 Å². The van der Waals surface area contributed by atoms with E-state index in [-0.39, 0.29) is 26.4 Å². The number of rotatable bonds is 16. The molecule has 0 atom stereocenters. The van der Waals surface area contributed by atoms with E-state index in [1.54, 1.807) is 76.2 Å². The molecule has 0 fully saturated rings. The van der Waals surface area contributed by atoms with Crippen LogP contribution in [0.25, 0.3) is 0 Å². The Morgan fingerprint density at radius 3 is 1.24 bits per heavy atom. The van der Waals surface area contributed by atoms with Crippen molar-refractivity contribution in [2.45, 2.75) is 34.1 Å². The highest BCUT2D eigenvalue weighted by Crippen LogP contribution is 2.50. The van der Waals surface area contributed by atoms with Gasteiger partial charge in [0, 0.05) is 6.42 Å². The highest BCUT2D eigenvalue weighted by molar-refractivity contribution is 7.62. The van der Waals surface area contributed by atoms with Crippen molar-refractivity contribution in [3.63, 3.8) is 0 Å². The summed E-state index contributed by atoms with van der Waals surface area (Å²) in [5.41, 5.74) is 0. The van der Waals surface area contributed by atoms with E-state index in [0.29, 0.717) is 41.7 Å². The summed E-state index contributed by atoms with van der Waals surface area (Å²) in [6.45, 7) is 8.70. The topological polar surface area (TPSA) is 89.5 Å². The predicted octanol–water partition coefficient (Wildman–Crippen LogP) is 5.32. The summed E-state index contributed by atoms with van der Waals surface area (Å²) in [7, 11) is -6.93. The van der Waals surface area contributed by atoms with E-state index < -0.39 is 15.2 Å². The molecular weight excluding hydrogens is 466 g/mol. The van der Waals surface area contributed by atoms with Gasteiger partial charge in [0.15, 0.2) is 0 Å². The number of para-hydroxylation sites is 2. The molecule has 0 aliphatic rings. The Kier molecular flexibility index (Phi) is 11.6. The fourth-order valence-corrected chi connectivity index (χ4v) is 6.49. The molecule has 0 radical (unpaired) electrons. The summed E-state index contributed by atoms with van der Waals surface area (Å²) < 4.78 is 59.8. The van der Waals surface area contributed by atoms with Crippen molar-refractivity contribution < 1.29 is 36.7 Å². The van der Waals surface area contributed by atoms with Crippen LogP contribution in [0.1, 0.15) is 34.1 Å². The summed E-state index contributed by atoms with van der Waals surface area (Å²) in [4.78, 5) is 0. The van der Waals surface area contributed by atoms with Gasteiger partial charge in [-0.2, -0.15) is 0 Å². The van der Waals surface area contributed by atoms with Crippen LogP contribution in [0.15, 0.2) is 48.5 Å². The first-order chi connectivity index (χ1) is 15.9. The second-order valence-electron chi connectivity index (χ2n) is 6.65. The SMILES string of the molecule is CCOP(=O)(OCC)c1ccccc1OCCCOc1ccccc1P(=O)(OCC)OCC. The van der Waals surface area contributed by atoms with Crippen LogP contribution in [-0.4, -0.2) is 39.6 Å². The summed E-state index contributed by atoms with van der Waals surface area (Å²) in [5, 5.41) is 0.795. The lowest BCUT2D eigenvalue weighted by Crippen LogP contribution is -2.17. The van der Waals surface area contributed by atoms with E-state index in [1.807, 2.05) is 0 Å². The molecule has 2 rings (SSSR count). The van der Waals surface area contributed by atoms with Crippen molar-refractivity contribution in [2.24, 2.45) is 0 Å². The molecule has 2 aromatic rings. The van der Waals surface area contributed by atoms with Gasteiger partial charge in [-0.15, -0.1) is 0 Å². The molecule has 0 saturated carbocycles. The first-order valence-corrected chi connectivity index (χ1v) is 14.3. The third kappa shape index (κ3) is 7.68. The molecule has 10 heteroatoms. The van der Waals surface area contributed by atoms with Crippen LogP contribution < -0.4 is 20.1 Å². The molecule has 0 saturated heterocycles. The molecule has 2 aromatic carbocycles. The lowest BCUT2D eigenvalue weighted by atomic mass is 10.3. The van der Waals surface area contributed by atoms with Crippen molar-refractivity contribution in [3.8, 4) is 11.5 Å². The fourth-order valence-electron chi connectivity index (χ4n) is 3.07. The van der Waals surface area contributed by atoms with E-state index >= 15 is 0 Å². The standard InChI is InChI=1S/C23H34O8P2/c1-5-28-32(24,29-6-2)22-16-11-9-14-20(22)26-18-13-19-27-21-15-10-12-17-23(21)33(25,30-7-3)31-8-4/h9-12,14-17H,5-8,13,18-19H2,1-4H3. The second kappa shape index (κ2) is 13.9. The van der Waals surface area contributed by atoms with Gasteiger partial charge in [0.2, 0.25) is 0 Å². The van der Waals surface area contributed by atoms with Gasteiger partial charge in [0.1, 0.15) is 22.1 Å². The first kappa shape index (κ1) is 27.6. The largest absolute Gasteiger partial charge is 0.492 e. The zero-order valence-electron chi connectivity index (χ0n) is 19.7. The quantitative estimate of drug-likeness (QED) is 0.226. The Hall–Kier alpha value is -1.66. The Balaban J connectivity index is 2.02. The van der Waals surface area contributed by atoms with Crippen LogP contribution in [0.2, 0.25) is 0 Å². The zero-order chi connectivity index (χ0) is 24.2. The Morgan fingerprint density at radius 2 is 0.909 bits per heavy atom. The first-order valence-electron chi connectivity index (χ1n) is 11.2. The lowest BCUT2D eigenvalue weighted by Gasteiger charge is -2.21. The molecule has 0 bridgehead atoms. The highest BCUT2D eigenvalue weighted by atomic mass is 31.2. The molecule has 33 heavy (non-hydrogen) atoms. The summed E-state index contributed by atoms with van der Waals surface area (Å²) in [5.74, 6) is 0.889. The molecule has 0 aromatic heterocycles. The van der Waals surface area contributed by atoms with Crippen molar-refractivity contribution in [2.75, 3.05) is 39.6 Å². The Labute approximate surface area is 196 Å². The number of ether oxygens (including phenoxy) is 2. The second-order valence-corrected chi connectivity index (χ2v) is 10.6. The number of benzene rings is 2. The summed E-state index contributed by atoms with van der Waals surface area (Å²) in [6, 6.07) is 14.0. The average molecular weight is 500 g/mol. The summed E-state index contributed by atoms with van der Waals surface area (Å²) >= 11 is 0. The van der Waals surface area contributed by atoms with Gasteiger partial charge in [-0.25, -0.2) is 0 Å². The van der Waals surface area contributed by atoms with Gasteiger partial charge >= 0.3 is 15.2 Å². The van der Waals surface area contributed by atoms with Crippen molar-refractivity contribution in [1.29, 1.82) is 0 Å². The van der Waals surface area contributed by atoms with Gasteiger partial charge in [-0.1, -0.05) is 24.3 Å². The van der Waals surface area contributed by atoms with E-state index in [4.69, 9.17) is 27.6 Å². The maximum Gasteiger partial charge on any atom is 0.365 e.